The molecule has 1 aliphatic rings. The van der Waals surface area contributed by atoms with Crippen LogP contribution in [0, 0.1) is 11.7 Å². The van der Waals surface area contributed by atoms with Gasteiger partial charge in [-0.05, 0) is 49.2 Å². The zero-order valence-corrected chi connectivity index (χ0v) is 15.4. The Balaban J connectivity index is 1.56. The number of likely N-dealkylation sites (tertiary alicyclic amines) is 1. The molecule has 1 atom stereocenters. The van der Waals surface area contributed by atoms with E-state index in [4.69, 9.17) is 4.74 Å². The van der Waals surface area contributed by atoms with Crippen LogP contribution in [-0.4, -0.2) is 30.5 Å². The Morgan fingerprint density at radius 2 is 2.11 bits per heavy atom. The summed E-state index contributed by atoms with van der Waals surface area (Å²) in [6, 6.07) is 13.9. The van der Waals surface area contributed by atoms with Gasteiger partial charge in [0.1, 0.15) is 18.2 Å². The summed E-state index contributed by atoms with van der Waals surface area (Å²) in [5.41, 5.74) is 1.79. The van der Waals surface area contributed by atoms with Gasteiger partial charge in [0.05, 0.1) is 5.92 Å². The molecular formula is C22H25FN2O2. The normalized spacial score (nSPS) is 17.3. The van der Waals surface area contributed by atoms with E-state index in [1.807, 2.05) is 24.3 Å². The number of halogens is 1. The summed E-state index contributed by atoms with van der Waals surface area (Å²) in [6.07, 6.45) is 3.53. The lowest BCUT2D eigenvalue weighted by molar-refractivity contribution is -0.121. The van der Waals surface area contributed by atoms with Crippen molar-refractivity contribution in [1.29, 1.82) is 0 Å². The monoisotopic (exact) mass is 368 g/mol. The molecule has 2 aromatic rings. The minimum absolute atomic E-state index is 0.0275. The molecule has 1 fully saturated rings. The number of benzene rings is 2. The molecule has 0 saturated carbocycles. The van der Waals surface area contributed by atoms with Gasteiger partial charge < -0.3 is 10.1 Å². The summed E-state index contributed by atoms with van der Waals surface area (Å²) in [4.78, 5) is 14.9. The van der Waals surface area contributed by atoms with Crippen LogP contribution >= 0.6 is 0 Å². The molecule has 0 bridgehead atoms. The first-order valence-electron chi connectivity index (χ1n) is 9.25. The molecule has 1 heterocycles. The van der Waals surface area contributed by atoms with Gasteiger partial charge in [-0.15, -0.1) is 0 Å². The fraction of sp³-hybridized carbons (Fsp3) is 0.318. The average molecular weight is 368 g/mol. The Kier molecular flexibility index (Phi) is 6.60. The van der Waals surface area contributed by atoms with Crippen molar-refractivity contribution in [2.45, 2.75) is 19.4 Å². The number of hydrogen-bond donors (Lipinski definition) is 1. The molecule has 0 spiro atoms. The number of rotatable bonds is 7. The molecular weight excluding hydrogens is 343 g/mol. The van der Waals surface area contributed by atoms with Gasteiger partial charge in [-0.25, -0.2) is 4.39 Å². The maximum Gasteiger partial charge on any atom is 0.228 e. The summed E-state index contributed by atoms with van der Waals surface area (Å²) < 4.78 is 18.6. The van der Waals surface area contributed by atoms with E-state index in [9.17, 15) is 9.18 Å². The largest absolute Gasteiger partial charge is 0.489 e. The quantitative estimate of drug-likeness (QED) is 0.743. The van der Waals surface area contributed by atoms with Gasteiger partial charge >= 0.3 is 0 Å². The summed E-state index contributed by atoms with van der Waals surface area (Å²) in [7, 11) is 0. The van der Waals surface area contributed by atoms with Crippen molar-refractivity contribution in [3.8, 4) is 5.75 Å². The van der Waals surface area contributed by atoms with Gasteiger partial charge in [0.15, 0.2) is 0 Å². The Labute approximate surface area is 159 Å². The third kappa shape index (κ3) is 5.66. The average Bonchev–Trinajstić information content (AvgIpc) is 2.69. The van der Waals surface area contributed by atoms with Crippen LogP contribution in [-0.2, 0) is 11.3 Å². The zero-order valence-electron chi connectivity index (χ0n) is 15.4. The molecule has 3 rings (SSSR count). The minimum Gasteiger partial charge on any atom is -0.489 e. The lowest BCUT2D eigenvalue weighted by Gasteiger charge is -2.32. The zero-order chi connectivity index (χ0) is 19.1. The molecule has 0 radical (unpaired) electrons. The number of piperidine rings is 1. The molecule has 1 saturated heterocycles. The summed E-state index contributed by atoms with van der Waals surface area (Å²) in [5, 5.41) is 3.00. The highest BCUT2D eigenvalue weighted by atomic mass is 19.1. The number of hydrogen-bond acceptors (Lipinski definition) is 3. The molecule has 1 aliphatic heterocycles. The van der Waals surface area contributed by atoms with Gasteiger partial charge in [0.25, 0.3) is 0 Å². The number of anilines is 1. The predicted octanol–water partition coefficient (Wildman–Crippen LogP) is 4.24. The van der Waals surface area contributed by atoms with Crippen LogP contribution in [0.15, 0.2) is 61.2 Å². The van der Waals surface area contributed by atoms with E-state index in [2.05, 4.69) is 16.8 Å². The van der Waals surface area contributed by atoms with E-state index < -0.39 is 0 Å². The van der Waals surface area contributed by atoms with Crippen molar-refractivity contribution in [2.75, 3.05) is 25.0 Å². The SMILES string of the molecule is C=CCOc1cccc(NC(=O)C2CCCN(Cc3ccc(F)cc3)C2)c1. The minimum atomic E-state index is -0.228. The molecule has 4 nitrogen and oxygen atoms in total. The Hall–Kier alpha value is -2.66. The second kappa shape index (κ2) is 9.33. The molecule has 1 N–H and O–H groups in total. The first-order valence-corrected chi connectivity index (χ1v) is 9.25. The summed E-state index contributed by atoms with van der Waals surface area (Å²) in [5.74, 6) is 0.444. The fourth-order valence-electron chi connectivity index (χ4n) is 3.32. The topological polar surface area (TPSA) is 41.6 Å². The maximum atomic E-state index is 13.1. The van der Waals surface area contributed by atoms with Crippen molar-refractivity contribution >= 4 is 11.6 Å². The number of amides is 1. The number of carbonyl (C=O) groups is 1. The third-order valence-electron chi connectivity index (χ3n) is 4.67. The van der Waals surface area contributed by atoms with Gasteiger partial charge in [0, 0.05) is 24.8 Å². The molecule has 1 amide bonds. The highest BCUT2D eigenvalue weighted by Crippen LogP contribution is 2.22. The third-order valence-corrected chi connectivity index (χ3v) is 4.67. The van der Waals surface area contributed by atoms with E-state index >= 15 is 0 Å². The lowest BCUT2D eigenvalue weighted by Crippen LogP contribution is -2.40. The first kappa shape index (κ1) is 19.1. The van der Waals surface area contributed by atoms with E-state index in [0.717, 1.165) is 37.2 Å². The second-order valence-corrected chi connectivity index (χ2v) is 6.82. The van der Waals surface area contributed by atoms with Crippen molar-refractivity contribution < 1.29 is 13.9 Å². The Morgan fingerprint density at radius 3 is 2.89 bits per heavy atom. The van der Waals surface area contributed by atoms with Crippen LogP contribution < -0.4 is 10.1 Å². The van der Waals surface area contributed by atoms with Crippen LogP contribution in [0.5, 0.6) is 5.75 Å². The summed E-state index contributed by atoms with van der Waals surface area (Å²) >= 11 is 0. The van der Waals surface area contributed by atoms with E-state index in [0.29, 0.717) is 18.9 Å². The van der Waals surface area contributed by atoms with E-state index in [-0.39, 0.29) is 17.6 Å². The van der Waals surface area contributed by atoms with Gasteiger partial charge in [-0.3, -0.25) is 9.69 Å². The molecule has 0 aromatic heterocycles. The lowest BCUT2D eigenvalue weighted by atomic mass is 9.96. The highest BCUT2D eigenvalue weighted by molar-refractivity contribution is 5.92. The van der Waals surface area contributed by atoms with Crippen molar-refractivity contribution in [3.63, 3.8) is 0 Å². The van der Waals surface area contributed by atoms with Crippen LogP contribution in [0.4, 0.5) is 10.1 Å². The van der Waals surface area contributed by atoms with Gasteiger partial charge in [0.2, 0.25) is 5.91 Å². The van der Waals surface area contributed by atoms with Crippen LogP contribution in [0.1, 0.15) is 18.4 Å². The molecule has 2 aromatic carbocycles. The maximum absolute atomic E-state index is 13.1. The summed E-state index contributed by atoms with van der Waals surface area (Å²) in [6.45, 7) is 6.45. The smallest absolute Gasteiger partial charge is 0.228 e. The highest BCUT2D eigenvalue weighted by Gasteiger charge is 2.26. The molecule has 5 heteroatoms. The van der Waals surface area contributed by atoms with Gasteiger partial charge in [-0.1, -0.05) is 30.9 Å². The molecule has 27 heavy (non-hydrogen) atoms. The number of nitrogens with zero attached hydrogens (tertiary/aromatic N) is 1. The second-order valence-electron chi connectivity index (χ2n) is 6.82. The molecule has 142 valence electrons. The van der Waals surface area contributed by atoms with Crippen LogP contribution in [0.25, 0.3) is 0 Å². The van der Waals surface area contributed by atoms with Gasteiger partial charge in [-0.2, -0.15) is 0 Å². The van der Waals surface area contributed by atoms with E-state index in [1.165, 1.54) is 12.1 Å². The number of nitrogens with one attached hydrogen (secondary N) is 1. The van der Waals surface area contributed by atoms with E-state index in [1.54, 1.807) is 18.2 Å². The first-order chi connectivity index (χ1) is 13.1. The van der Waals surface area contributed by atoms with Crippen molar-refractivity contribution in [3.05, 3.63) is 72.6 Å². The fourth-order valence-corrected chi connectivity index (χ4v) is 3.32. The molecule has 1 unspecified atom stereocenters. The van der Waals surface area contributed by atoms with Crippen LogP contribution in [0.2, 0.25) is 0 Å². The van der Waals surface area contributed by atoms with Crippen molar-refractivity contribution in [1.82, 2.24) is 4.90 Å². The number of ether oxygens (including phenoxy) is 1. The standard InChI is InChI=1S/C22H25FN2O2/c1-2-13-27-21-7-3-6-20(14-21)24-22(26)18-5-4-12-25(16-18)15-17-8-10-19(23)11-9-17/h2-3,6-11,14,18H,1,4-5,12-13,15-16H2,(H,24,26). The Bertz CT molecular complexity index is 776. The predicted molar refractivity (Wildman–Crippen MR) is 105 cm³/mol. The Morgan fingerprint density at radius 1 is 1.30 bits per heavy atom. The molecule has 0 aliphatic carbocycles. The number of carbonyl (C=O) groups excluding carboxylic acids is 1. The van der Waals surface area contributed by atoms with Crippen LogP contribution in [0.3, 0.4) is 0 Å². The van der Waals surface area contributed by atoms with Crippen molar-refractivity contribution in [2.24, 2.45) is 5.92 Å².